The van der Waals surface area contributed by atoms with Crippen LogP contribution in [0.4, 0.5) is 0 Å². The number of hydrogen-bond acceptors (Lipinski definition) is 5. The van der Waals surface area contributed by atoms with E-state index in [1.807, 2.05) is 12.2 Å². The molecule has 2 aliphatic carbocycles. The SMILES string of the molecule is CC1=[C-]C(C)C(C)=C1C.Cl[C-]1CC=CC1Cl.O=C1O[C@H](CO)[C@H](O)[C@@]1(O)[GeH2].[Zr+2]. The molecule has 3 N–H and O–H groups in total. The van der Waals surface area contributed by atoms with Crippen LogP contribution in [0.5, 0.6) is 0 Å². The van der Waals surface area contributed by atoms with Crippen LogP contribution in [0, 0.1) is 17.4 Å². The van der Waals surface area contributed by atoms with Crippen LogP contribution in [-0.2, 0) is 35.7 Å². The number of hydrogen-bond donors (Lipinski definition) is 3. The van der Waals surface area contributed by atoms with Gasteiger partial charge in [-0.2, -0.15) is 22.7 Å². The van der Waals surface area contributed by atoms with E-state index in [0.29, 0.717) is 5.92 Å². The maximum absolute atomic E-state index is 10.8. The fourth-order valence-corrected chi connectivity index (χ4v) is 3.63. The van der Waals surface area contributed by atoms with Crippen LogP contribution < -0.4 is 0 Å². The van der Waals surface area contributed by atoms with Gasteiger partial charge in [-0.1, -0.05) is 32.1 Å². The molecule has 1 heterocycles. The fourth-order valence-electron chi connectivity index (χ4n) is 2.55. The molecule has 0 saturated carbocycles. The summed E-state index contributed by atoms with van der Waals surface area (Å²) in [5, 5.41) is 27.8. The van der Waals surface area contributed by atoms with Crippen molar-refractivity contribution in [3.05, 3.63) is 40.3 Å². The minimum absolute atomic E-state index is 0. The van der Waals surface area contributed by atoms with Gasteiger partial charge in [0.1, 0.15) is 0 Å². The Morgan fingerprint density at radius 1 is 1.43 bits per heavy atom. The Morgan fingerprint density at radius 3 is 2.14 bits per heavy atom. The summed E-state index contributed by atoms with van der Waals surface area (Å²) >= 11 is 11.4. The third-order valence-corrected chi connectivity index (χ3v) is 7.18. The third kappa shape index (κ3) is 7.37. The standard InChI is InChI=1S/C9H13.C5H5Cl2.C5H9GeO5.Zr/c1-6-5-7(2)9(4)8(6)3;6-4-2-1-3-5(4)7;6-5(10)3(8)2(1-7)11-4(5)9;/h6H,1-4H3;1-2,4H,3H2;2-3,7-8,10H,1,6H2;/q2*-1;;+2/t;;2-,3+,5+;/m..1./s1. The van der Waals surface area contributed by atoms with Crippen LogP contribution in [0.3, 0.4) is 0 Å². The second-order valence-electron chi connectivity index (χ2n) is 6.78. The van der Waals surface area contributed by atoms with Crippen LogP contribution in [0.15, 0.2) is 28.9 Å². The average Bonchev–Trinajstić information content (AvgIpc) is 3.16. The molecule has 0 spiro atoms. The first-order chi connectivity index (χ1) is 12.4. The Hall–Kier alpha value is 0.576. The van der Waals surface area contributed by atoms with Crippen molar-refractivity contribution in [2.45, 2.75) is 56.1 Å². The monoisotopic (exact) mass is 569 g/mol. The van der Waals surface area contributed by atoms with Gasteiger partial charge in [-0.05, 0) is 0 Å². The quantitative estimate of drug-likeness (QED) is 0.147. The zero-order valence-corrected chi connectivity index (χ0v) is 23.4. The fraction of sp³-hybridized carbons (Fsp3) is 0.579. The van der Waals surface area contributed by atoms with Gasteiger partial charge >= 0.3 is 96.8 Å². The van der Waals surface area contributed by atoms with Gasteiger partial charge in [0, 0.05) is 0 Å². The van der Waals surface area contributed by atoms with Gasteiger partial charge in [-0.3, -0.25) is 6.08 Å². The Bertz CT molecular complexity index is 636. The normalized spacial score (nSPS) is 34.1. The molecule has 28 heavy (non-hydrogen) atoms. The van der Waals surface area contributed by atoms with Crippen molar-refractivity contribution in [2.24, 2.45) is 5.92 Å². The number of aliphatic hydroxyl groups is 3. The number of ether oxygens (including phenoxy) is 1. The van der Waals surface area contributed by atoms with Crippen molar-refractivity contribution in [3.63, 3.8) is 0 Å². The number of alkyl halides is 1. The molecule has 3 rings (SSSR count). The summed E-state index contributed by atoms with van der Waals surface area (Å²) in [4.78, 5) is 10.8. The predicted molar refractivity (Wildman–Crippen MR) is 109 cm³/mol. The summed E-state index contributed by atoms with van der Waals surface area (Å²) < 4.78 is 2.72. The molecule has 0 amide bonds. The first-order valence-corrected chi connectivity index (χ1v) is 10.9. The molecule has 155 valence electrons. The van der Waals surface area contributed by atoms with Crippen LogP contribution in [0.2, 0.25) is 0 Å². The van der Waals surface area contributed by atoms with Crippen molar-refractivity contribution in [2.75, 3.05) is 6.61 Å². The first kappa shape index (κ1) is 28.6. The van der Waals surface area contributed by atoms with E-state index < -0.39 is 29.2 Å². The molecule has 1 fully saturated rings. The maximum atomic E-state index is 10.8. The molecule has 1 radical (unpaired) electrons. The van der Waals surface area contributed by atoms with Gasteiger partial charge in [0.25, 0.3) is 0 Å². The molecule has 5 nitrogen and oxygen atoms in total. The molecular formula is C19H27Cl2GeO5Zr. The van der Waals surface area contributed by atoms with Gasteiger partial charge < -0.3 is 11.6 Å². The minimum Gasteiger partial charge on any atom is 2.00 e. The van der Waals surface area contributed by atoms with E-state index in [1.54, 1.807) is 0 Å². The Kier molecular flexibility index (Phi) is 12.7. The van der Waals surface area contributed by atoms with Gasteiger partial charge in [0.15, 0.2) is 0 Å². The Balaban J connectivity index is 0.000000393. The summed E-state index contributed by atoms with van der Waals surface area (Å²) in [6.45, 7) is 8.21. The number of esters is 1. The van der Waals surface area contributed by atoms with Gasteiger partial charge in [0.05, 0.1) is 0 Å². The van der Waals surface area contributed by atoms with Gasteiger partial charge in [0.2, 0.25) is 0 Å². The van der Waals surface area contributed by atoms with Crippen LogP contribution in [0.1, 0.15) is 34.1 Å². The summed E-state index contributed by atoms with van der Waals surface area (Å²) in [5.74, 6) is -0.283. The minimum atomic E-state index is -1.76. The molecule has 1 saturated heterocycles. The average molecular weight is 570 g/mol. The van der Waals surface area contributed by atoms with Crippen molar-refractivity contribution in [1.82, 2.24) is 0 Å². The third-order valence-electron chi connectivity index (χ3n) is 4.79. The van der Waals surface area contributed by atoms with Gasteiger partial charge in [-0.15, -0.1) is 25.5 Å². The smallest absolute Gasteiger partial charge is 2.00 e. The predicted octanol–water partition coefficient (Wildman–Crippen LogP) is 1.63. The number of cyclic esters (lactones) is 1. The van der Waals surface area contributed by atoms with E-state index >= 15 is 0 Å². The molecule has 9 heteroatoms. The molecule has 0 bridgehead atoms. The molecule has 1 aliphatic heterocycles. The number of carbonyl (C=O) groups is 1. The maximum Gasteiger partial charge on any atom is 2.00 e. The molecular weight excluding hydrogens is 543 g/mol. The van der Waals surface area contributed by atoms with Crippen molar-refractivity contribution >= 4 is 45.7 Å². The molecule has 0 aromatic carbocycles. The van der Waals surface area contributed by atoms with Gasteiger partial charge in [-0.25, -0.2) is 11.0 Å². The zero-order valence-electron chi connectivity index (χ0n) is 16.5. The number of halogens is 2. The summed E-state index contributed by atoms with van der Waals surface area (Å²) in [6, 6.07) is 0. The Morgan fingerprint density at radius 2 is 2.00 bits per heavy atom. The van der Waals surface area contributed by atoms with Crippen molar-refractivity contribution in [1.29, 1.82) is 0 Å². The second-order valence-corrected chi connectivity index (χ2v) is 9.99. The van der Waals surface area contributed by atoms with Crippen molar-refractivity contribution < 1.29 is 51.1 Å². The summed E-state index contributed by atoms with van der Waals surface area (Å²) in [6.07, 6.45) is 5.80. The Labute approximate surface area is 204 Å². The molecule has 3 aliphatic rings. The summed E-state index contributed by atoms with van der Waals surface area (Å²) in [5.41, 5.74) is 4.25. The van der Waals surface area contributed by atoms with Crippen molar-refractivity contribution in [3.8, 4) is 0 Å². The van der Waals surface area contributed by atoms with E-state index in [9.17, 15) is 9.90 Å². The second kappa shape index (κ2) is 12.4. The summed E-state index contributed by atoms with van der Waals surface area (Å²) in [7, 11) is 0. The number of allylic oxidation sites excluding steroid dienone is 6. The molecule has 0 aromatic heterocycles. The number of aliphatic hydroxyl groups excluding tert-OH is 2. The van der Waals surface area contributed by atoms with Crippen LogP contribution >= 0.6 is 23.2 Å². The van der Waals surface area contributed by atoms with E-state index in [4.69, 9.17) is 33.4 Å². The topological polar surface area (TPSA) is 87.0 Å². The zero-order chi connectivity index (χ0) is 20.9. The molecule has 2 unspecified atom stereocenters. The van der Waals surface area contributed by atoms with E-state index in [2.05, 4.69) is 38.5 Å². The van der Waals surface area contributed by atoms with E-state index in [0.717, 1.165) is 11.8 Å². The molecule has 5 atom stereocenters. The largest absolute Gasteiger partial charge is 2.00 e. The molecule has 0 aromatic rings. The first-order valence-electron chi connectivity index (χ1n) is 8.60. The van der Waals surface area contributed by atoms with Crippen LogP contribution in [0.25, 0.3) is 0 Å². The van der Waals surface area contributed by atoms with E-state index in [-0.39, 0.29) is 48.1 Å². The number of carbonyl (C=O) groups excluding carboxylic acids is 1. The number of rotatable bonds is 1. The van der Waals surface area contributed by atoms with Crippen LogP contribution in [-0.4, -0.2) is 66.4 Å². The van der Waals surface area contributed by atoms with E-state index in [1.165, 1.54) is 16.7 Å².